The molecule has 0 unspecified atom stereocenters. The lowest BCUT2D eigenvalue weighted by molar-refractivity contribution is 0.684. The Morgan fingerprint density at radius 2 is 2.20 bits per heavy atom. The standard InChI is InChI=1S/C11H12ClN3/c1-9-5-14-15(7-9)8-10-2-3-11(4-12)13-6-10/h2-3,5-7H,4,8H2,1H3. The third-order valence-electron chi connectivity index (χ3n) is 2.13. The SMILES string of the molecule is Cc1cnn(Cc2ccc(CCl)nc2)c1. The van der Waals surface area contributed by atoms with E-state index in [0.717, 1.165) is 17.8 Å². The lowest BCUT2D eigenvalue weighted by atomic mass is 10.2. The fourth-order valence-corrected chi connectivity index (χ4v) is 1.53. The number of nitrogens with zero attached hydrogens (tertiary/aromatic N) is 3. The van der Waals surface area contributed by atoms with Crippen LogP contribution in [0.5, 0.6) is 0 Å². The molecule has 0 saturated carbocycles. The first kappa shape index (κ1) is 10.2. The number of aryl methyl sites for hydroxylation is 1. The Hall–Kier alpha value is -1.35. The van der Waals surface area contributed by atoms with E-state index >= 15 is 0 Å². The Morgan fingerprint density at radius 1 is 1.33 bits per heavy atom. The molecule has 0 saturated heterocycles. The van der Waals surface area contributed by atoms with E-state index in [-0.39, 0.29) is 0 Å². The quantitative estimate of drug-likeness (QED) is 0.746. The van der Waals surface area contributed by atoms with Crippen LogP contribution in [0.25, 0.3) is 0 Å². The summed E-state index contributed by atoms with van der Waals surface area (Å²) in [6, 6.07) is 3.97. The summed E-state index contributed by atoms with van der Waals surface area (Å²) in [6.07, 6.45) is 5.70. The smallest absolute Gasteiger partial charge is 0.0674 e. The first-order chi connectivity index (χ1) is 7.28. The van der Waals surface area contributed by atoms with Gasteiger partial charge in [-0.2, -0.15) is 5.10 Å². The zero-order valence-electron chi connectivity index (χ0n) is 8.52. The predicted octanol–water partition coefficient (Wildman–Crippen LogP) is 2.37. The molecule has 2 aromatic rings. The van der Waals surface area contributed by atoms with E-state index < -0.39 is 0 Å². The number of hydrogen-bond acceptors (Lipinski definition) is 2. The summed E-state index contributed by atoms with van der Waals surface area (Å²) in [5.41, 5.74) is 3.20. The highest BCUT2D eigenvalue weighted by atomic mass is 35.5. The van der Waals surface area contributed by atoms with Crippen molar-refractivity contribution in [1.29, 1.82) is 0 Å². The van der Waals surface area contributed by atoms with Gasteiger partial charge in [0, 0.05) is 12.4 Å². The summed E-state index contributed by atoms with van der Waals surface area (Å²) < 4.78 is 1.90. The van der Waals surface area contributed by atoms with Crippen molar-refractivity contribution in [2.75, 3.05) is 0 Å². The molecule has 0 radical (unpaired) electrons. The molecule has 0 N–H and O–H groups in total. The van der Waals surface area contributed by atoms with Crippen molar-refractivity contribution in [2.45, 2.75) is 19.3 Å². The zero-order valence-corrected chi connectivity index (χ0v) is 9.28. The molecule has 15 heavy (non-hydrogen) atoms. The van der Waals surface area contributed by atoms with Crippen LogP contribution < -0.4 is 0 Å². The maximum atomic E-state index is 5.66. The first-order valence-corrected chi connectivity index (χ1v) is 5.30. The van der Waals surface area contributed by atoms with Gasteiger partial charge >= 0.3 is 0 Å². The van der Waals surface area contributed by atoms with Crippen molar-refractivity contribution in [3.8, 4) is 0 Å². The van der Waals surface area contributed by atoms with Gasteiger partial charge in [0.15, 0.2) is 0 Å². The van der Waals surface area contributed by atoms with Crippen molar-refractivity contribution < 1.29 is 0 Å². The van der Waals surface area contributed by atoms with E-state index in [1.807, 2.05) is 42.3 Å². The molecule has 0 atom stereocenters. The number of rotatable bonds is 3. The minimum Gasteiger partial charge on any atom is -0.268 e. The van der Waals surface area contributed by atoms with Gasteiger partial charge in [-0.25, -0.2) is 0 Å². The highest BCUT2D eigenvalue weighted by Crippen LogP contribution is 2.05. The second-order valence-corrected chi connectivity index (χ2v) is 3.77. The largest absolute Gasteiger partial charge is 0.268 e. The molecule has 0 bridgehead atoms. The lowest BCUT2D eigenvalue weighted by Crippen LogP contribution is -2.00. The second-order valence-electron chi connectivity index (χ2n) is 3.51. The average Bonchev–Trinajstić information content (AvgIpc) is 2.65. The molecule has 0 aliphatic heterocycles. The van der Waals surface area contributed by atoms with E-state index in [1.165, 1.54) is 5.56 Å². The highest BCUT2D eigenvalue weighted by molar-refractivity contribution is 6.16. The molecule has 2 rings (SSSR count). The van der Waals surface area contributed by atoms with Gasteiger partial charge in [0.2, 0.25) is 0 Å². The Morgan fingerprint density at radius 3 is 2.73 bits per heavy atom. The van der Waals surface area contributed by atoms with Crippen LogP contribution in [0.1, 0.15) is 16.8 Å². The minimum atomic E-state index is 0.459. The molecule has 3 nitrogen and oxygen atoms in total. The number of alkyl halides is 1. The van der Waals surface area contributed by atoms with Crippen molar-refractivity contribution in [2.24, 2.45) is 0 Å². The number of halogens is 1. The van der Waals surface area contributed by atoms with Gasteiger partial charge in [0.1, 0.15) is 0 Å². The van der Waals surface area contributed by atoms with E-state index in [1.54, 1.807) is 0 Å². The van der Waals surface area contributed by atoms with Crippen LogP contribution in [0.15, 0.2) is 30.7 Å². The van der Waals surface area contributed by atoms with E-state index in [9.17, 15) is 0 Å². The molecular weight excluding hydrogens is 210 g/mol. The van der Waals surface area contributed by atoms with Crippen molar-refractivity contribution in [3.05, 3.63) is 47.5 Å². The molecule has 0 amide bonds. The minimum absolute atomic E-state index is 0.459. The second kappa shape index (κ2) is 4.45. The Balaban J connectivity index is 2.11. The zero-order chi connectivity index (χ0) is 10.7. The van der Waals surface area contributed by atoms with Crippen LogP contribution in [-0.4, -0.2) is 14.8 Å². The molecular formula is C11H12ClN3. The lowest BCUT2D eigenvalue weighted by Gasteiger charge is -2.01. The third kappa shape index (κ3) is 2.57. The van der Waals surface area contributed by atoms with Gasteiger partial charge in [-0.15, -0.1) is 11.6 Å². The van der Waals surface area contributed by atoms with E-state index in [4.69, 9.17) is 11.6 Å². The number of aromatic nitrogens is 3. The summed E-state index contributed by atoms with van der Waals surface area (Å²) in [4.78, 5) is 4.23. The fourth-order valence-electron chi connectivity index (χ4n) is 1.37. The average molecular weight is 222 g/mol. The molecule has 0 fully saturated rings. The van der Waals surface area contributed by atoms with Crippen molar-refractivity contribution in [3.63, 3.8) is 0 Å². The van der Waals surface area contributed by atoms with Gasteiger partial charge in [-0.1, -0.05) is 6.07 Å². The monoisotopic (exact) mass is 221 g/mol. The van der Waals surface area contributed by atoms with Crippen molar-refractivity contribution >= 4 is 11.6 Å². The predicted molar refractivity (Wildman–Crippen MR) is 59.9 cm³/mol. The number of pyridine rings is 1. The highest BCUT2D eigenvalue weighted by Gasteiger charge is 1.98. The third-order valence-corrected chi connectivity index (χ3v) is 2.40. The van der Waals surface area contributed by atoms with Crippen LogP contribution in [0.4, 0.5) is 0 Å². The van der Waals surface area contributed by atoms with E-state index in [0.29, 0.717) is 5.88 Å². The Labute approximate surface area is 93.7 Å². The summed E-state index contributed by atoms with van der Waals surface area (Å²) in [7, 11) is 0. The van der Waals surface area contributed by atoms with Crippen LogP contribution in [0, 0.1) is 6.92 Å². The van der Waals surface area contributed by atoms with Crippen LogP contribution in [-0.2, 0) is 12.4 Å². The van der Waals surface area contributed by atoms with Crippen molar-refractivity contribution in [1.82, 2.24) is 14.8 Å². The molecule has 78 valence electrons. The van der Waals surface area contributed by atoms with Gasteiger partial charge in [0.05, 0.1) is 24.3 Å². The first-order valence-electron chi connectivity index (χ1n) is 4.77. The summed E-state index contributed by atoms with van der Waals surface area (Å²) in [5, 5.41) is 4.22. The summed E-state index contributed by atoms with van der Waals surface area (Å²) in [6.45, 7) is 2.78. The van der Waals surface area contributed by atoms with Gasteiger partial charge < -0.3 is 0 Å². The maximum absolute atomic E-state index is 5.66. The molecule has 0 aliphatic carbocycles. The molecule has 2 heterocycles. The molecule has 4 heteroatoms. The van der Waals surface area contributed by atoms with Gasteiger partial charge in [-0.3, -0.25) is 9.67 Å². The maximum Gasteiger partial charge on any atom is 0.0674 e. The summed E-state index contributed by atoms with van der Waals surface area (Å²) >= 11 is 5.66. The van der Waals surface area contributed by atoms with Crippen LogP contribution in [0.3, 0.4) is 0 Å². The Kier molecular flexibility index (Phi) is 3.02. The van der Waals surface area contributed by atoms with E-state index in [2.05, 4.69) is 10.1 Å². The molecule has 0 aromatic carbocycles. The normalized spacial score (nSPS) is 10.5. The Bertz CT molecular complexity index is 433. The van der Waals surface area contributed by atoms with Crippen LogP contribution >= 0.6 is 11.6 Å². The van der Waals surface area contributed by atoms with Gasteiger partial charge in [0.25, 0.3) is 0 Å². The molecule has 0 spiro atoms. The fraction of sp³-hybridized carbons (Fsp3) is 0.273. The van der Waals surface area contributed by atoms with Gasteiger partial charge in [-0.05, 0) is 24.1 Å². The molecule has 0 aliphatic rings. The van der Waals surface area contributed by atoms with Crippen LogP contribution in [0.2, 0.25) is 0 Å². The topological polar surface area (TPSA) is 30.7 Å². The molecule has 2 aromatic heterocycles. The number of hydrogen-bond donors (Lipinski definition) is 0. The summed E-state index contributed by atoms with van der Waals surface area (Å²) in [5.74, 6) is 0.459.